The lowest BCUT2D eigenvalue weighted by Gasteiger charge is -2.23. The molecule has 0 saturated heterocycles. The number of ether oxygens (including phenoxy) is 2. The van der Waals surface area contributed by atoms with Gasteiger partial charge in [0.2, 0.25) is 0 Å². The Kier molecular flexibility index (Phi) is 6.17. The molecule has 1 atom stereocenters. The van der Waals surface area contributed by atoms with Gasteiger partial charge in [0.1, 0.15) is 12.2 Å². The summed E-state index contributed by atoms with van der Waals surface area (Å²) < 4.78 is 10.6. The van der Waals surface area contributed by atoms with E-state index in [1.807, 2.05) is 36.4 Å². The summed E-state index contributed by atoms with van der Waals surface area (Å²) in [7, 11) is 0. The number of hydrogen-bond acceptors (Lipinski definition) is 4. The normalized spacial score (nSPS) is 12.1. The van der Waals surface area contributed by atoms with Gasteiger partial charge in [-0.15, -0.1) is 0 Å². The minimum Gasteiger partial charge on any atom is -0.459 e. The van der Waals surface area contributed by atoms with E-state index >= 15 is 0 Å². The molecule has 5 nitrogen and oxygen atoms in total. The molecule has 0 bridgehead atoms. The first-order valence-corrected chi connectivity index (χ1v) is 8.10. The number of nitrogens with one attached hydrogen (secondary N) is 1. The van der Waals surface area contributed by atoms with Crippen molar-refractivity contribution in [1.82, 2.24) is 5.32 Å². The summed E-state index contributed by atoms with van der Waals surface area (Å²) in [5, 5.41) is 2.59. The van der Waals surface area contributed by atoms with Gasteiger partial charge in [-0.2, -0.15) is 0 Å². The third-order valence-electron chi connectivity index (χ3n) is 3.25. The highest BCUT2D eigenvalue weighted by Gasteiger charge is 2.27. The molecule has 132 valence electrons. The molecule has 0 aliphatic rings. The lowest BCUT2D eigenvalue weighted by molar-refractivity contribution is -0.147. The molecule has 0 aliphatic carbocycles. The number of rotatable bonds is 5. The van der Waals surface area contributed by atoms with Crippen LogP contribution in [0.5, 0.6) is 0 Å². The standard InChI is InChI=1S/C20H23NO4/c1-20(2,3)25-19(23)21-17(16-12-8-5-9-13-16)18(22)24-14-15-10-6-4-7-11-15/h4-13,17H,14H2,1-3H3,(H,21,23). The highest BCUT2D eigenvalue weighted by molar-refractivity contribution is 5.82. The van der Waals surface area contributed by atoms with Crippen LogP contribution in [0.15, 0.2) is 60.7 Å². The van der Waals surface area contributed by atoms with Crippen LogP contribution >= 0.6 is 0 Å². The Morgan fingerprint density at radius 1 is 0.960 bits per heavy atom. The first-order chi connectivity index (χ1) is 11.8. The summed E-state index contributed by atoms with van der Waals surface area (Å²) in [5.41, 5.74) is 0.852. The average molecular weight is 341 g/mol. The molecule has 0 heterocycles. The fourth-order valence-electron chi connectivity index (χ4n) is 2.16. The largest absolute Gasteiger partial charge is 0.459 e. The summed E-state index contributed by atoms with van der Waals surface area (Å²) >= 11 is 0. The van der Waals surface area contributed by atoms with Crippen molar-refractivity contribution in [2.75, 3.05) is 0 Å². The van der Waals surface area contributed by atoms with Gasteiger partial charge >= 0.3 is 12.1 Å². The smallest absolute Gasteiger partial charge is 0.408 e. The van der Waals surface area contributed by atoms with E-state index in [0.29, 0.717) is 5.56 Å². The van der Waals surface area contributed by atoms with Crippen LogP contribution in [-0.4, -0.2) is 17.7 Å². The lowest BCUT2D eigenvalue weighted by Crippen LogP contribution is -2.38. The van der Waals surface area contributed by atoms with Crippen molar-refractivity contribution in [2.24, 2.45) is 0 Å². The number of hydrogen-bond donors (Lipinski definition) is 1. The maximum absolute atomic E-state index is 12.5. The number of amides is 1. The Labute approximate surface area is 148 Å². The quantitative estimate of drug-likeness (QED) is 0.835. The Morgan fingerprint density at radius 3 is 2.08 bits per heavy atom. The van der Waals surface area contributed by atoms with E-state index in [1.54, 1.807) is 45.0 Å². The number of carbonyl (C=O) groups excluding carboxylic acids is 2. The monoisotopic (exact) mass is 341 g/mol. The molecule has 5 heteroatoms. The first kappa shape index (κ1) is 18.5. The van der Waals surface area contributed by atoms with Gasteiger partial charge in [-0.05, 0) is 31.9 Å². The van der Waals surface area contributed by atoms with Crippen molar-refractivity contribution in [2.45, 2.75) is 39.0 Å². The second kappa shape index (κ2) is 8.33. The van der Waals surface area contributed by atoms with Crippen LogP contribution in [0.2, 0.25) is 0 Å². The number of esters is 1. The highest BCUT2D eigenvalue weighted by atomic mass is 16.6. The molecule has 2 rings (SSSR count). The van der Waals surface area contributed by atoms with Crippen LogP contribution < -0.4 is 5.32 Å². The second-order valence-electron chi connectivity index (χ2n) is 6.58. The number of carbonyl (C=O) groups is 2. The van der Waals surface area contributed by atoms with E-state index in [4.69, 9.17) is 9.47 Å². The number of benzene rings is 2. The van der Waals surface area contributed by atoms with Crippen LogP contribution in [0.3, 0.4) is 0 Å². The Morgan fingerprint density at radius 2 is 1.52 bits per heavy atom. The first-order valence-electron chi connectivity index (χ1n) is 8.10. The van der Waals surface area contributed by atoms with Crippen LogP contribution in [-0.2, 0) is 20.9 Å². The molecule has 1 amide bonds. The summed E-state index contributed by atoms with van der Waals surface area (Å²) in [6.45, 7) is 5.42. The van der Waals surface area contributed by atoms with Gasteiger partial charge in [-0.25, -0.2) is 9.59 Å². The predicted molar refractivity (Wildman–Crippen MR) is 94.8 cm³/mol. The van der Waals surface area contributed by atoms with Gasteiger partial charge < -0.3 is 14.8 Å². The third kappa shape index (κ3) is 6.30. The molecule has 0 saturated carbocycles. The molecule has 2 aromatic carbocycles. The molecular formula is C20H23NO4. The summed E-state index contributed by atoms with van der Waals surface area (Å²) in [6, 6.07) is 17.4. The Hall–Kier alpha value is -2.82. The molecule has 0 spiro atoms. The van der Waals surface area contributed by atoms with Gasteiger partial charge in [0, 0.05) is 0 Å². The van der Waals surface area contributed by atoms with Crippen LogP contribution in [0.4, 0.5) is 4.79 Å². The van der Waals surface area contributed by atoms with E-state index in [0.717, 1.165) is 5.56 Å². The fourth-order valence-corrected chi connectivity index (χ4v) is 2.16. The minimum absolute atomic E-state index is 0.138. The summed E-state index contributed by atoms with van der Waals surface area (Å²) in [6.07, 6.45) is -0.669. The lowest BCUT2D eigenvalue weighted by atomic mass is 10.1. The second-order valence-corrected chi connectivity index (χ2v) is 6.58. The third-order valence-corrected chi connectivity index (χ3v) is 3.25. The molecule has 0 radical (unpaired) electrons. The molecule has 25 heavy (non-hydrogen) atoms. The molecule has 2 aromatic rings. The molecule has 0 aromatic heterocycles. The minimum atomic E-state index is -0.931. The molecule has 1 N–H and O–H groups in total. The zero-order valence-electron chi connectivity index (χ0n) is 14.7. The molecule has 0 fully saturated rings. The van der Waals surface area contributed by atoms with E-state index in [9.17, 15) is 9.59 Å². The topological polar surface area (TPSA) is 64.6 Å². The maximum atomic E-state index is 12.5. The van der Waals surface area contributed by atoms with Gasteiger partial charge in [-0.3, -0.25) is 0 Å². The van der Waals surface area contributed by atoms with Crippen molar-refractivity contribution in [3.05, 3.63) is 71.8 Å². The van der Waals surface area contributed by atoms with E-state index in [2.05, 4.69) is 5.32 Å². The van der Waals surface area contributed by atoms with Gasteiger partial charge in [0.05, 0.1) is 0 Å². The van der Waals surface area contributed by atoms with Gasteiger partial charge in [-0.1, -0.05) is 60.7 Å². The van der Waals surface area contributed by atoms with E-state index in [1.165, 1.54) is 0 Å². The Bertz CT molecular complexity index is 693. The van der Waals surface area contributed by atoms with Crippen LogP contribution in [0, 0.1) is 0 Å². The predicted octanol–water partition coefficient (Wildman–Crippen LogP) is 4.00. The van der Waals surface area contributed by atoms with Crippen molar-refractivity contribution in [1.29, 1.82) is 0 Å². The van der Waals surface area contributed by atoms with Crippen LogP contribution in [0.25, 0.3) is 0 Å². The summed E-state index contributed by atoms with van der Waals surface area (Å²) in [4.78, 5) is 24.6. The maximum Gasteiger partial charge on any atom is 0.408 e. The Balaban J connectivity index is 2.08. The van der Waals surface area contributed by atoms with Gasteiger partial charge in [0.25, 0.3) is 0 Å². The zero-order chi connectivity index (χ0) is 18.3. The van der Waals surface area contributed by atoms with Crippen LogP contribution in [0.1, 0.15) is 37.9 Å². The molecule has 1 unspecified atom stereocenters. The zero-order valence-corrected chi connectivity index (χ0v) is 14.7. The van der Waals surface area contributed by atoms with E-state index < -0.39 is 23.7 Å². The molecule has 0 aliphatic heterocycles. The van der Waals surface area contributed by atoms with Crippen molar-refractivity contribution in [3.63, 3.8) is 0 Å². The van der Waals surface area contributed by atoms with Crippen molar-refractivity contribution >= 4 is 12.1 Å². The highest BCUT2D eigenvalue weighted by Crippen LogP contribution is 2.17. The van der Waals surface area contributed by atoms with Crippen molar-refractivity contribution in [3.8, 4) is 0 Å². The van der Waals surface area contributed by atoms with Gasteiger partial charge in [0.15, 0.2) is 6.04 Å². The SMILES string of the molecule is CC(C)(C)OC(=O)NC(C(=O)OCc1ccccc1)c1ccccc1. The van der Waals surface area contributed by atoms with Crippen molar-refractivity contribution < 1.29 is 19.1 Å². The fraction of sp³-hybridized carbons (Fsp3) is 0.300. The summed E-state index contributed by atoms with van der Waals surface area (Å²) in [5.74, 6) is -0.541. The number of alkyl carbamates (subject to hydrolysis) is 1. The average Bonchev–Trinajstić information content (AvgIpc) is 2.58. The van der Waals surface area contributed by atoms with E-state index in [-0.39, 0.29) is 6.61 Å². The molecular weight excluding hydrogens is 318 g/mol.